The van der Waals surface area contributed by atoms with Crippen LogP contribution in [0, 0.1) is 0 Å². The summed E-state index contributed by atoms with van der Waals surface area (Å²) in [6, 6.07) is 0. The van der Waals surface area contributed by atoms with Crippen molar-refractivity contribution in [3.05, 3.63) is 18.1 Å². The van der Waals surface area contributed by atoms with Crippen LogP contribution in [-0.2, 0) is 16.1 Å². The number of nitrogens with zero attached hydrogens (tertiary/aromatic N) is 4. The van der Waals surface area contributed by atoms with Gasteiger partial charge in [0, 0.05) is 26.7 Å². The number of hydrogen-bond donors (Lipinski definition) is 1. The molecule has 0 bridgehead atoms. The Labute approximate surface area is 118 Å². The lowest BCUT2D eigenvalue weighted by Gasteiger charge is -2.33. The number of rotatable bonds is 5. The second-order valence-electron chi connectivity index (χ2n) is 4.66. The fourth-order valence-electron chi connectivity index (χ4n) is 2.11. The van der Waals surface area contributed by atoms with E-state index in [0.717, 1.165) is 6.42 Å². The number of piperazine rings is 1. The monoisotopic (exact) mass is 277 g/mol. The molecule has 0 spiro atoms. The van der Waals surface area contributed by atoms with E-state index in [2.05, 4.69) is 15.3 Å². The van der Waals surface area contributed by atoms with Crippen molar-refractivity contribution in [1.29, 1.82) is 0 Å². The van der Waals surface area contributed by atoms with Gasteiger partial charge in [-0.25, -0.2) is 4.98 Å². The maximum Gasteiger partial charge on any atom is 0.312 e. The zero-order valence-corrected chi connectivity index (χ0v) is 11.8. The molecule has 108 valence electrons. The summed E-state index contributed by atoms with van der Waals surface area (Å²) in [6.45, 7) is 4.07. The topological polar surface area (TPSA) is 78.4 Å². The van der Waals surface area contributed by atoms with Gasteiger partial charge in [0.1, 0.15) is 5.82 Å². The van der Waals surface area contributed by atoms with Gasteiger partial charge in [0.15, 0.2) is 0 Å². The van der Waals surface area contributed by atoms with Gasteiger partial charge in [-0.2, -0.15) is 0 Å². The van der Waals surface area contributed by atoms with Crippen molar-refractivity contribution in [2.45, 2.75) is 19.9 Å². The molecule has 1 aromatic rings. The first-order chi connectivity index (χ1) is 9.65. The predicted octanol–water partition coefficient (Wildman–Crippen LogP) is 0.0991. The fraction of sp³-hybridized carbons (Fsp3) is 0.538. The number of carbonyl (C=O) groups excluding carboxylic acids is 2. The summed E-state index contributed by atoms with van der Waals surface area (Å²) in [5, 5.41) is 2.88. The highest BCUT2D eigenvalue weighted by atomic mass is 16.2. The zero-order valence-electron chi connectivity index (χ0n) is 11.8. The summed E-state index contributed by atoms with van der Waals surface area (Å²) in [6.07, 6.45) is 4.08. The summed E-state index contributed by atoms with van der Waals surface area (Å²) in [4.78, 5) is 35.4. The van der Waals surface area contributed by atoms with Gasteiger partial charge < -0.3 is 15.1 Å². The summed E-state index contributed by atoms with van der Waals surface area (Å²) < 4.78 is 0. The molecule has 1 saturated heterocycles. The maximum absolute atomic E-state index is 12.0. The Morgan fingerprint density at radius 1 is 1.15 bits per heavy atom. The van der Waals surface area contributed by atoms with Crippen molar-refractivity contribution in [3.63, 3.8) is 0 Å². The lowest BCUT2D eigenvalue weighted by Crippen LogP contribution is -2.54. The van der Waals surface area contributed by atoms with Crippen LogP contribution in [0.2, 0.25) is 0 Å². The SMILES string of the molecule is CCCN1CCN(Cc2cnc(NC)cn2)C(=O)C1=O. The fourth-order valence-corrected chi connectivity index (χ4v) is 2.11. The number of carbonyl (C=O) groups is 2. The van der Waals surface area contributed by atoms with E-state index in [9.17, 15) is 9.59 Å². The van der Waals surface area contributed by atoms with Crippen LogP contribution >= 0.6 is 0 Å². The Kier molecular flexibility index (Phi) is 4.49. The van der Waals surface area contributed by atoms with Gasteiger partial charge in [0.05, 0.1) is 24.6 Å². The molecule has 7 nitrogen and oxygen atoms in total. The van der Waals surface area contributed by atoms with Crippen LogP contribution in [0.15, 0.2) is 12.4 Å². The van der Waals surface area contributed by atoms with Crippen LogP contribution in [-0.4, -0.2) is 58.3 Å². The minimum atomic E-state index is -0.454. The quantitative estimate of drug-likeness (QED) is 0.772. The van der Waals surface area contributed by atoms with E-state index in [1.165, 1.54) is 4.90 Å². The number of anilines is 1. The molecular weight excluding hydrogens is 258 g/mol. The third-order valence-corrected chi connectivity index (χ3v) is 3.21. The average Bonchev–Trinajstić information content (AvgIpc) is 2.48. The molecule has 0 radical (unpaired) electrons. The van der Waals surface area contributed by atoms with Gasteiger partial charge in [-0.1, -0.05) is 6.92 Å². The van der Waals surface area contributed by atoms with Crippen LogP contribution in [0.25, 0.3) is 0 Å². The predicted molar refractivity (Wildman–Crippen MR) is 73.9 cm³/mol. The molecule has 0 atom stereocenters. The molecule has 1 aromatic heterocycles. The number of aromatic nitrogens is 2. The van der Waals surface area contributed by atoms with Crippen LogP contribution in [0.3, 0.4) is 0 Å². The first kappa shape index (κ1) is 14.2. The summed E-state index contributed by atoms with van der Waals surface area (Å²) in [7, 11) is 1.76. The molecule has 2 heterocycles. The second-order valence-corrected chi connectivity index (χ2v) is 4.66. The van der Waals surface area contributed by atoms with Crippen molar-refractivity contribution in [3.8, 4) is 0 Å². The van der Waals surface area contributed by atoms with E-state index >= 15 is 0 Å². The normalized spacial score (nSPS) is 15.7. The molecular formula is C13H19N5O2. The van der Waals surface area contributed by atoms with Gasteiger partial charge in [-0.15, -0.1) is 0 Å². The molecule has 1 fully saturated rings. The minimum Gasteiger partial charge on any atom is -0.372 e. The van der Waals surface area contributed by atoms with E-state index in [1.54, 1.807) is 24.3 Å². The van der Waals surface area contributed by atoms with Crippen molar-refractivity contribution < 1.29 is 9.59 Å². The first-order valence-electron chi connectivity index (χ1n) is 6.72. The molecule has 2 rings (SSSR count). The van der Waals surface area contributed by atoms with Gasteiger partial charge >= 0.3 is 11.8 Å². The van der Waals surface area contributed by atoms with E-state index in [4.69, 9.17) is 0 Å². The van der Waals surface area contributed by atoms with E-state index < -0.39 is 11.8 Å². The van der Waals surface area contributed by atoms with Gasteiger partial charge in [0.25, 0.3) is 0 Å². The number of hydrogen-bond acceptors (Lipinski definition) is 5. The molecule has 20 heavy (non-hydrogen) atoms. The van der Waals surface area contributed by atoms with Crippen molar-refractivity contribution in [2.24, 2.45) is 0 Å². The Hall–Kier alpha value is -2.18. The Bertz CT molecular complexity index is 488. The standard InChI is InChI=1S/C13H19N5O2/c1-3-4-17-5-6-18(13(20)12(17)19)9-10-7-16-11(14-2)8-15-10/h7-8H,3-6,9H2,1-2H3,(H,14,16). The third kappa shape index (κ3) is 3.04. The molecule has 0 aliphatic carbocycles. The van der Waals surface area contributed by atoms with Gasteiger partial charge in [-0.3, -0.25) is 14.6 Å². The maximum atomic E-state index is 12.0. The molecule has 1 aliphatic rings. The molecule has 1 aliphatic heterocycles. The van der Waals surface area contributed by atoms with E-state index in [0.29, 0.717) is 37.7 Å². The highest BCUT2D eigenvalue weighted by Gasteiger charge is 2.31. The summed E-state index contributed by atoms with van der Waals surface area (Å²) in [5.41, 5.74) is 0.675. The molecule has 1 N–H and O–H groups in total. The van der Waals surface area contributed by atoms with E-state index in [-0.39, 0.29) is 0 Å². The summed E-state index contributed by atoms with van der Waals surface area (Å²) in [5.74, 6) is -0.203. The smallest absolute Gasteiger partial charge is 0.312 e. The molecule has 2 amide bonds. The molecule has 0 unspecified atom stereocenters. The van der Waals surface area contributed by atoms with Crippen molar-refractivity contribution in [1.82, 2.24) is 19.8 Å². The highest BCUT2D eigenvalue weighted by Crippen LogP contribution is 2.10. The number of amides is 2. The minimum absolute atomic E-state index is 0.321. The highest BCUT2D eigenvalue weighted by molar-refractivity contribution is 6.35. The summed E-state index contributed by atoms with van der Waals surface area (Å²) >= 11 is 0. The Morgan fingerprint density at radius 2 is 1.85 bits per heavy atom. The second kappa shape index (κ2) is 6.31. The largest absolute Gasteiger partial charge is 0.372 e. The van der Waals surface area contributed by atoms with Crippen LogP contribution < -0.4 is 5.32 Å². The lowest BCUT2D eigenvalue weighted by molar-refractivity contribution is -0.156. The van der Waals surface area contributed by atoms with Crippen LogP contribution in [0.4, 0.5) is 5.82 Å². The van der Waals surface area contributed by atoms with Crippen molar-refractivity contribution >= 4 is 17.6 Å². The van der Waals surface area contributed by atoms with E-state index in [1.807, 2.05) is 6.92 Å². The van der Waals surface area contributed by atoms with Gasteiger partial charge in [0.2, 0.25) is 0 Å². The van der Waals surface area contributed by atoms with Crippen LogP contribution in [0.1, 0.15) is 19.0 Å². The van der Waals surface area contributed by atoms with Crippen LogP contribution in [0.5, 0.6) is 0 Å². The van der Waals surface area contributed by atoms with Crippen molar-refractivity contribution in [2.75, 3.05) is 32.0 Å². The average molecular weight is 277 g/mol. The molecule has 0 saturated carbocycles. The Morgan fingerprint density at radius 3 is 2.45 bits per heavy atom. The number of nitrogens with one attached hydrogen (secondary N) is 1. The third-order valence-electron chi connectivity index (χ3n) is 3.21. The molecule has 7 heteroatoms. The lowest BCUT2D eigenvalue weighted by atomic mass is 10.2. The zero-order chi connectivity index (χ0) is 14.5. The van der Waals surface area contributed by atoms with Gasteiger partial charge in [-0.05, 0) is 6.42 Å². The first-order valence-corrected chi connectivity index (χ1v) is 6.72. The molecule has 0 aromatic carbocycles. The Balaban J connectivity index is 1.99.